The van der Waals surface area contributed by atoms with Gasteiger partial charge in [-0.15, -0.1) is 0 Å². The number of carbonyl (C=O) groups excluding carboxylic acids is 2. The largest absolute Gasteiger partial charge is 0.493 e. The molecule has 0 spiro atoms. The van der Waals surface area contributed by atoms with Gasteiger partial charge in [0.15, 0.2) is 16.9 Å². The molecule has 0 saturated heterocycles. The summed E-state index contributed by atoms with van der Waals surface area (Å²) < 4.78 is 20.9. The van der Waals surface area contributed by atoms with Crippen LogP contribution in [0.15, 0.2) is 30.4 Å². The molecule has 1 N–H and O–H groups in total. The van der Waals surface area contributed by atoms with Gasteiger partial charge < -0.3 is 24.1 Å². The minimum Gasteiger partial charge on any atom is -0.493 e. The normalized spacial score (nSPS) is 11.3. The van der Waals surface area contributed by atoms with Gasteiger partial charge in [-0.2, -0.15) is 0 Å². The number of ether oxygens (including phenoxy) is 4. The fourth-order valence-corrected chi connectivity index (χ4v) is 2.70. The summed E-state index contributed by atoms with van der Waals surface area (Å²) in [5, 5.41) is 9.01. The summed E-state index contributed by atoms with van der Waals surface area (Å²) in [5.74, 6) is -0.302. The molecule has 150 valence electrons. The van der Waals surface area contributed by atoms with Crippen LogP contribution in [0.3, 0.4) is 0 Å². The number of esters is 2. The van der Waals surface area contributed by atoms with Crippen molar-refractivity contribution < 1.29 is 33.6 Å². The van der Waals surface area contributed by atoms with Crippen LogP contribution in [0.2, 0.25) is 0 Å². The van der Waals surface area contributed by atoms with Crippen LogP contribution in [0, 0.1) is 5.41 Å². The van der Waals surface area contributed by atoms with Crippen LogP contribution in [0.1, 0.15) is 25.8 Å². The fraction of sp³-hybridized carbons (Fsp3) is 0.500. The molecule has 7 nitrogen and oxygen atoms in total. The number of methoxy groups -OCH3 is 2. The Morgan fingerprint density at radius 1 is 1.00 bits per heavy atom. The number of carbonyl (C=O) groups is 2. The molecule has 1 aromatic rings. The van der Waals surface area contributed by atoms with Crippen LogP contribution >= 0.6 is 0 Å². The van der Waals surface area contributed by atoms with Gasteiger partial charge in [0.05, 0.1) is 34.0 Å². The third-order valence-corrected chi connectivity index (χ3v) is 4.02. The summed E-state index contributed by atoms with van der Waals surface area (Å²) >= 11 is 0. The molecule has 0 heterocycles. The highest BCUT2D eigenvalue weighted by Crippen LogP contribution is 2.35. The van der Waals surface area contributed by atoms with Crippen molar-refractivity contribution in [1.29, 1.82) is 0 Å². The predicted octanol–water partition coefficient (Wildman–Crippen LogP) is 2.30. The summed E-state index contributed by atoms with van der Waals surface area (Å²) in [6.07, 6.45) is 3.15. The molecular formula is C20H28O7. The Kier molecular flexibility index (Phi) is 9.36. The SMILES string of the molecule is CCOC(=O)C(C/C=C\CO)(Cc1ccc(OC)c(OC)c1)C(=O)OCC. The Morgan fingerprint density at radius 3 is 2.07 bits per heavy atom. The summed E-state index contributed by atoms with van der Waals surface area (Å²) in [6.45, 7) is 3.42. The standard InChI is InChI=1S/C20H28O7/c1-5-26-18(22)20(11-7-8-12-21,19(23)27-6-2)14-15-9-10-16(24-3)17(13-15)25-4/h7-10,13,21H,5-6,11-12,14H2,1-4H3/b8-7-. The van der Waals surface area contributed by atoms with Crippen molar-refractivity contribution in [3.8, 4) is 11.5 Å². The maximum atomic E-state index is 12.8. The van der Waals surface area contributed by atoms with E-state index in [9.17, 15) is 9.59 Å². The van der Waals surface area contributed by atoms with E-state index in [-0.39, 0.29) is 32.7 Å². The van der Waals surface area contributed by atoms with Crippen molar-refractivity contribution in [3.05, 3.63) is 35.9 Å². The van der Waals surface area contributed by atoms with E-state index < -0.39 is 17.4 Å². The minimum atomic E-state index is -1.56. The minimum absolute atomic E-state index is 0.0412. The second-order valence-electron chi connectivity index (χ2n) is 5.75. The van der Waals surface area contributed by atoms with E-state index in [2.05, 4.69) is 0 Å². The van der Waals surface area contributed by atoms with Crippen LogP contribution in [0.5, 0.6) is 11.5 Å². The Morgan fingerprint density at radius 2 is 1.59 bits per heavy atom. The topological polar surface area (TPSA) is 91.3 Å². The van der Waals surface area contributed by atoms with Gasteiger partial charge in [0.25, 0.3) is 0 Å². The van der Waals surface area contributed by atoms with Gasteiger partial charge in [-0.05, 0) is 44.4 Å². The smallest absolute Gasteiger partial charge is 0.324 e. The quantitative estimate of drug-likeness (QED) is 0.358. The van der Waals surface area contributed by atoms with E-state index in [1.54, 1.807) is 38.1 Å². The number of hydrogen-bond acceptors (Lipinski definition) is 7. The van der Waals surface area contributed by atoms with E-state index in [0.29, 0.717) is 17.1 Å². The highest BCUT2D eigenvalue weighted by atomic mass is 16.6. The zero-order chi connectivity index (χ0) is 20.3. The monoisotopic (exact) mass is 380 g/mol. The molecule has 0 aromatic heterocycles. The van der Waals surface area contributed by atoms with Crippen LogP contribution in [0.4, 0.5) is 0 Å². The molecule has 1 rings (SSSR count). The summed E-state index contributed by atoms with van der Waals surface area (Å²) in [7, 11) is 3.04. The van der Waals surface area contributed by atoms with E-state index in [1.165, 1.54) is 20.3 Å². The third kappa shape index (κ3) is 5.72. The molecule has 0 amide bonds. The second-order valence-corrected chi connectivity index (χ2v) is 5.75. The van der Waals surface area contributed by atoms with Gasteiger partial charge >= 0.3 is 11.9 Å². The molecule has 7 heteroatoms. The van der Waals surface area contributed by atoms with Gasteiger partial charge in [-0.1, -0.05) is 18.2 Å². The van der Waals surface area contributed by atoms with Crippen molar-refractivity contribution in [2.75, 3.05) is 34.0 Å². The van der Waals surface area contributed by atoms with Crippen LogP contribution in [-0.2, 0) is 25.5 Å². The zero-order valence-corrected chi connectivity index (χ0v) is 16.3. The highest BCUT2D eigenvalue weighted by Gasteiger charge is 2.48. The lowest BCUT2D eigenvalue weighted by Gasteiger charge is -2.28. The van der Waals surface area contributed by atoms with E-state index >= 15 is 0 Å². The molecule has 27 heavy (non-hydrogen) atoms. The van der Waals surface area contributed by atoms with Crippen molar-refractivity contribution in [2.45, 2.75) is 26.7 Å². The first kappa shape index (κ1) is 22.5. The molecule has 0 unspecified atom stereocenters. The zero-order valence-electron chi connectivity index (χ0n) is 16.3. The molecule has 0 aliphatic heterocycles. The predicted molar refractivity (Wildman–Crippen MR) is 99.8 cm³/mol. The molecule has 0 aliphatic carbocycles. The van der Waals surface area contributed by atoms with Crippen molar-refractivity contribution in [3.63, 3.8) is 0 Å². The molecule has 0 radical (unpaired) electrons. The van der Waals surface area contributed by atoms with Crippen molar-refractivity contribution in [1.82, 2.24) is 0 Å². The summed E-state index contributed by atoms with van der Waals surface area (Å²) in [4.78, 5) is 25.6. The first-order valence-electron chi connectivity index (χ1n) is 8.80. The number of allylic oxidation sites excluding steroid dienone is 1. The molecule has 0 aliphatic rings. The fourth-order valence-electron chi connectivity index (χ4n) is 2.70. The number of aliphatic hydroxyl groups excluding tert-OH is 1. The number of aliphatic hydroxyl groups is 1. The average Bonchev–Trinajstić information content (AvgIpc) is 2.67. The Balaban J connectivity index is 3.38. The van der Waals surface area contributed by atoms with Gasteiger partial charge in [-0.3, -0.25) is 9.59 Å². The van der Waals surface area contributed by atoms with Gasteiger partial charge in [0.2, 0.25) is 0 Å². The maximum Gasteiger partial charge on any atom is 0.324 e. The number of rotatable bonds is 11. The Labute approximate surface area is 159 Å². The lowest BCUT2D eigenvalue weighted by molar-refractivity contribution is -0.171. The first-order chi connectivity index (χ1) is 13.0. The van der Waals surface area contributed by atoms with Crippen LogP contribution in [0.25, 0.3) is 0 Å². The van der Waals surface area contributed by atoms with Crippen LogP contribution < -0.4 is 9.47 Å². The highest BCUT2D eigenvalue weighted by molar-refractivity contribution is 6.00. The molecule has 0 bridgehead atoms. The maximum absolute atomic E-state index is 12.8. The van der Waals surface area contributed by atoms with E-state index in [1.807, 2.05) is 0 Å². The molecular weight excluding hydrogens is 352 g/mol. The van der Waals surface area contributed by atoms with E-state index in [0.717, 1.165) is 0 Å². The number of benzene rings is 1. The Hall–Kier alpha value is -2.54. The van der Waals surface area contributed by atoms with Gasteiger partial charge in [-0.25, -0.2) is 0 Å². The van der Waals surface area contributed by atoms with Crippen molar-refractivity contribution in [2.24, 2.45) is 5.41 Å². The number of hydrogen-bond donors (Lipinski definition) is 1. The molecule has 0 atom stereocenters. The molecule has 0 fully saturated rings. The van der Waals surface area contributed by atoms with Gasteiger partial charge in [0, 0.05) is 0 Å². The molecule has 1 aromatic carbocycles. The Bertz CT molecular complexity index is 634. The van der Waals surface area contributed by atoms with E-state index in [4.69, 9.17) is 24.1 Å². The lowest BCUT2D eigenvalue weighted by Crippen LogP contribution is -2.43. The second kappa shape index (κ2) is 11.2. The molecule has 0 saturated carbocycles. The lowest BCUT2D eigenvalue weighted by atomic mass is 9.78. The average molecular weight is 380 g/mol. The summed E-state index contributed by atoms with van der Waals surface area (Å²) in [5.41, 5.74) is -0.872. The third-order valence-electron chi connectivity index (χ3n) is 4.02. The van der Waals surface area contributed by atoms with Crippen molar-refractivity contribution >= 4 is 11.9 Å². The van der Waals surface area contributed by atoms with Crippen LogP contribution in [-0.4, -0.2) is 51.1 Å². The first-order valence-corrected chi connectivity index (χ1v) is 8.80. The van der Waals surface area contributed by atoms with Gasteiger partial charge in [0.1, 0.15) is 0 Å². The summed E-state index contributed by atoms with van der Waals surface area (Å²) in [6, 6.07) is 5.17.